The molecular formula is C58H34O2. The maximum Gasteiger partial charge on any atom is 0.143 e. The number of benzene rings is 11. The lowest BCUT2D eigenvalue weighted by molar-refractivity contribution is 0.669. The molecule has 0 fully saturated rings. The van der Waals surface area contributed by atoms with Gasteiger partial charge in [0.15, 0.2) is 0 Å². The van der Waals surface area contributed by atoms with E-state index in [1.807, 2.05) is 12.1 Å². The smallest absolute Gasteiger partial charge is 0.143 e. The maximum atomic E-state index is 7.09. The number of furan rings is 2. The van der Waals surface area contributed by atoms with Crippen LogP contribution < -0.4 is 0 Å². The van der Waals surface area contributed by atoms with Crippen molar-refractivity contribution in [3.8, 4) is 44.5 Å². The molecule has 0 unspecified atom stereocenters. The summed E-state index contributed by atoms with van der Waals surface area (Å²) in [4.78, 5) is 0. The number of para-hydroxylation sites is 2. The lowest BCUT2D eigenvalue weighted by atomic mass is 9.85. The van der Waals surface area contributed by atoms with Crippen molar-refractivity contribution in [3.05, 3.63) is 206 Å². The molecule has 0 bridgehead atoms. The quantitative estimate of drug-likeness (QED) is 0.167. The number of fused-ring (bicyclic) bond motifs is 10. The normalized spacial score (nSPS) is 12.0. The average molecular weight is 763 g/mol. The third-order valence-electron chi connectivity index (χ3n) is 12.6. The SMILES string of the molecule is c1ccc(-c2c3ccccc3c(-c3ccc4c(c3)oc3c(-c5c6ccccc6c(-c6ccc7c(c6)oc6ccccc67)c6ccccc56)cccc34)c3ccccc23)cc1. The Kier molecular flexibility index (Phi) is 7.05. The van der Waals surface area contributed by atoms with Gasteiger partial charge in [-0.3, -0.25) is 0 Å². The van der Waals surface area contributed by atoms with Crippen molar-refractivity contribution < 1.29 is 8.83 Å². The van der Waals surface area contributed by atoms with Crippen LogP contribution >= 0.6 is 0 Å². The van der Waals surface area contributed by atoms with E-state index in [1.54, 1.807) is 0 Å². The van der Waals surface area contributed by atoms with Crippen LogP contribution in [0.1, 0.15) is 0 Å². The Hall–Kier alpha value is -7.94. The molecule has 0 aliphatic carbocycles. The van der Waals surface area contributed by atoms with Crippen molar-refractivity contribution in [2.24, 2.45) is 0 Å². The second kappa shape index (κ2) is 12.8. The predicted molar refractivity (Wildman–Crippen MR) is 253 cm³/mol. The standard InChI is InChI=1S/C58H34O2/c1-2-15-35(16-3-1)54-41-18-4-6-20-43(41)55(44-21-7-5-19-42(44)54)37-30-32-40-49-26-14-27-50(58(49)60-53(40)34-37)57-47-24-10-8-22-45(47)56(46-23-9-11-25-48(46)57)36-29-31-39-38-17-12-13-28-51(38)59-52(39)33-36/h1-34H. The molecule has 278 valence electrons. The zero-order valence-electron chi connectivity index (χ0n) is 32.4. The predicted octanol–water partition coefficient (Wildman–Crippen LogP) is 16.8. The minimum absolute atomic E-state index is 0.875. The third-order valence-corrected chi connectivity index (χ3v) is 12.6. The largest absolute Gasteiger partial charge is 0.456 e. The second-order valence-corrected chi connectivity index (χ2v) is 15.9. The summed E-state index contributed by atoms with van der Waals surface area (Å²) < 4.78 is 13.5. The highest BCUT2D eigenvalue weighted by atomic mass is 16.3. The number of rotatable bonds is 4. The summed E-state index contributed by atoms with van der Waals surface area (Å²) in [7, 11) is 0. The summed E-state index contributed by atoms with van der Waals surface area (Å²) in [5.41, 5.74) is 13.0. The van der Waals surface area contributed by atoms with E-state index in [2.05, 4.69) is 194 Å². The molecule has 0 radical (unpaired) electrons. The summed E-state index contributed by atoms with van der Waals surface area (Å²) in [5, 5.41) is 14.2. The van der Waals surface area contributed by atoms with Crippen LogP contribution in [0.15, 0.2) is 215 Å². The van der Waals surface area contributed by atoms with Crippen molar-refractivity contribution in [2.45, 2.75) is 0 Å². The average Bonchev–Trinajstić information content (AvgIpc) is 3.88. The van der Waals surface area contributed by atoms with Crippen LogP contribution in [-0.4, -0.2) is 0 Å². The molecule has 11 aromatic carbocycles. The van der Waals surface area contributed by atoms with Crippen molar-refractivity contribution in [1.82, 2.24) is 0 Å². The molecule has 0 atom stereocenters. The molecular weight excluding hydrogens is 729 g/mol. The first-order valence-corrected chi connectivity index (χ1v) is 20.6. The summed E-state index contributed by atoms with van der Waals surface area (Å²) in [5.74, 6) is 0. The van der Waals surface area contributed by atoms with Crippen LogP contribution in [0.25, 0.3) is 131 Å². The second-order valence-electron chi connectivity index (χ2n) is 15.9. The highest BCUT2D eigenvalue weighted by Crippen LogP contribution is 2.49. The molecule has 0 spiro atoms. The van der Waals surface area contributed by atoms with Crippen molar-refractivity contribution >= 4 is 87.0 Å². The molecule has 0 saturated carbocycles. The fourth-order valence-electron chi connectivity index (χ4n) is 10.1. The van der Waals surface area contributed by atoms with E-state index < -0.39 is 0 Å². The van der Waals surface area contributed by atoms with E-state index in [1.165, 1.54) is 70.9 Å². The van der Waals surface area contributed by atoms with E-state index in [9.17, 15) is 0 Å². The van der Waals surface area contributed by atoms with E-state index in [0.717, 1.165) is 60.6 Å². The van der Waals surface area contributed by atoms with Crippen molar-refractivity contribution in [2.75, 3.05) is 0 Å². The highest BCUT2D eigenvalue weighted by molar-refractivity contribution is 6.26. The number of hydrogen-bond acceptors (Lipinski definition) is 2. The third kappa shape index (κ3) is 4.76. The van der Waals surface area contributed by atoms with Crippen LogP contribution in [0.3, 0.4) is 0 Å². The Morgan fingerprint density at radius 3 is 1.13 bits per heavy atom. The first-order valence-electron chi connectivity index (χ1n) is 20.6. The molecule has 0 aliphatic rings. The minimum Gasteiger partial charge on any atom is -0.456 e. The van der Waals surface area contributed by atoms with Gasteiger partial charge in [-0.15, -0.1) is 0 Å². The monoisotopic (exact) mass is 762 g/mol. The highest BCUT2D eigenvalue weighted by Gasteiger charge is 2.22. The fourth-order valence-corrected chi connectivity index (χ4v) is 10.1. The molecule has 0 aliphatic heterocycles. The van der Waals surface area contributed by atoms with Gasteiger partial charge < -0.3 is 8.83 Å². The Balaban J connectivity index is 1.04. The van der Waals surface area contributed by atoms with Crippen LogP contribution in [0.4, 0.5) is 0 Å². The molecule has 2 heteroatoms. The Morgan fingerprint density at radius 1 is 0.217 bits per heavy atom. The first kappa shape index (κ1) is 33.1. The van der Waals surface area contributed by atoms with Gasteiger partial charge in [0.05, 0.1) is 0 Å². The summed E-state index contributed by atoms with van der Waals surface area (Å²) in [6.07, 6.45) is 0. The molecule has 0 amide bonds. The Bertz CT molecular complexity index is 3770. The van der Waals surface area contributed by atoms with E-state index in [-0.39, 0.29) is 0 Å². The van der Waals surface area contributed by atoms with Gasteiger partial charge in [0, 0.05) is 32.7 Å². The Labute approximate surface area is 345 Å². The summed E-state index contributed by atoms with van der Waals surface area (Å²) >= 11 is 0. The van der Waals surface area contributed by atoms with Gasteiger partial charge >= 0.3 is 0 Å². The van der Waals surface area contributed by atoms with Gasteiger partial charge in [-0.2, -0.15) is 0 Å². The zero-order chi connectivity index (χ0) is 39.3. The van der Waals surface area contributed by atoms with Crippen molar-refractivity contribution in [1.29, 1.82) is 0 Å². The van der Waals surface area contributed by atoms with Gasteiger partial charge in [0.1, 0.15) is 22.3 Å². The van der Waals surface area contributed by atoms with Crippen molar-refractivity contribution in [3.63, 3.8) is 0 Å². The molecule has 2 aromatic heterocycles. The zero-order valence-corrected chi connectivity index (χ0v) is 32.4. The maximum absolute atomic E-state index is 7.09. The van der Waals surface area contributed by atoms with Gasteiger partial charge in [-0.05, 0) is 107 Å². The molecule has 2 heterocycles. The molecule has 0 N–H and O–H groups in total. The van der Waals surface area contributed by atoms with Gasteiger partial charge in [0.2, 0.25) is 0 Å². The molecule has 13 rings (SSSR count). The topological polar surface area (TPSA) is 26.3 Å². The Morgan fingerprint density at radius 2 is 0.600 bits per heavy atom. The van der Waals surface area contributed by atoms with E-state index in [0.29, 0.717) is 0 Å². The summed E-state index contributed by atoms with van der Waals surface area (Å²) in [6, 6.07) is 74.4. The van der Waals surface area contributed by atoms with Gasteiger partial charge in [-0.25, -0.2) is 0 Å². The molecule has 60 heavy (non-hydrogen) atoms. The lowest BCUT2D eigenvalue weighted by Gasteiger charge is -2.17. The van der Waals surface area contributed by atoms with E-state index in [4.69, 9.17) is 8.83 Å². The van der Waals surface area contributed by atoms with E-state index >= 15 is 0 Å². The van der Waals surface area contributed by atoms with Gasteiger partial charge in [0.25, 0.3) is 0 Å². The van der Waals surface area contributed by atoms with Crippen LogP contribution in [0.5, 0.6) is 0 Å². The van der Waals surface area contributed by atoms with Crippen LogP contribution in [-0.2, 0) is 0 Å². The summed E-state index contributed by atoms with van der Waals surface area (Å²) in [6.45, 7) is 0. The first-order chi connectivity index (χ1) is 29.8. The minimum atomic E-state index is 0.875. The van der Waals surface area contributed by atoms with Crippen LogP contribution in [0, 0.1) is 0 Å². The van der Waals surface area contributed by atoms with Crippen LogP contribution in [0.2, 0.25) is 0 Å². The molecule has 0 saturated heterocycles. The number of hydrogen-bond donors (Lipinski definition) is 0. The fraction of sp³-hybridized carbons (Fsp3) is 0. The van der Waals surface area contributed by atoms with Gasteiger partial charge in [-0.1, -0.05) is 176 Å². The lowest BCUT2D eigenvalue weighted by Crippen LogP contribution is -1.91. The molecule has 2 nitrogen and oxygen atoms in total. The molecule has 13 aromatic rings.